The average Bonchev–Trinajstić information content (AvgIpc) is 2.15. The van der Waals surface area contributed by atoms with Gasteiger partial charge in [-0.1, -0.05) is 0 Å². The first-order chi connectivity index (χ1) is 6.24. The summed E-state index contributed by atoms with van der Waals surface area (Å²) in [7, 11) is 0. The van der Waals surface area contributed by atoms with Gasteiger partial charge in [-0.3, -0.25) is 0 Å². The molecular formula is C10H20ClNS. The van der Waals surface area contributed by atoms with E-state index in [-0.39, 0.29) is 0 Å². The van der Waals surface area contributed by atoms with Gasteiger partial charge < -0.3 is 4.90 Å². The third kappa shape index (κ3) is 4.09. The van der Waals surface area contributed by atoms with Gasteiger partial charge in [0, 0.05) is 17.7 Å². The highest BCUT2D eigenvalue weighted by atomic mass is 35.5. The quantitative estimate of drug-likeness (QED) is 0.672. The molecule has 0 aliphatic carbocycles. The third-order valence-electron chi connectivity index (χ3n) is 2.89. The standard InChI is InChI=1S/C10H20ClNS/c1-9(11)10-3-5-12(6-4-10)7-8-13-2/h9-10H,3-8H2,1-2H3. The molecule has 1 atom stereocenters. The zero-order valence-corrected chi connectivity index (χ0v) is 10.2. The Bertz CT molecular complexity index is 133. The lowest BCUT2D eigenvalue weighted by atomic mass is 9.94. The van der Waals surface area contributed by atoms with Crippen LogP contribution in [-0.4, -0.2) is 41.9 Å². The van der Waals surface area contributed by atoms with E-state index in [9.17, 15) is 0 Å². The predicted molar refractivity (Wildman–Crippen MR) is 62.9 cm³/mol. The van der Waals surface area contributed by atoms with Gasteiger partial charge in [-0.2, -0.15) is 11.8 Å². The van der Waals surface area contributed by atoms with Crippen LogP contribution >= 0.6 is 23.4 Å². The van der Waals surface area contributed by atoms with Crippen molar-refractivity contribution in [1.29, 1.82) is 0 Å². The van der Waals surface area contributed by atoms with Gasteiger partial charge in [0.2, 0.25) is 0 Å². The van der Waals surface area contributed by atoms with Gasteiger partial charge in [0.25, 0.3) is 0 Å². The van der Waals surface area contributed by atoms with Crippen molar-refractivity contribution >= 4 is 23.4 Å². The summed E-state index contributed by atoms with van der Waals surface area (Å²) >= 11 is 8.02. The molecule has 1 aliphatic rings. The Morgan fingerprint density at radius 1 is 1.46 bits per heavy atom. The second-order valence-corrected chi connectivity index (χ2v) is 5.52. The molecule has 0 saturated carbocycles. The molecule has 1 aliphatic heterocycles. The molecule has 0 bridgehead atoms. The van der Waals surface area contributed by atoms with Crippen LogP contribution in [0.1, 0.15) is 19.8 Å². The number of hydrogen-bond acceptors (Lipinski definition) is 2. The largest absolute Gasteiger partial charge is 0.302 e. The predicted octanol–water partition coefficient (Wildman–Crippen LogP) is 2.69. The van der Waals surface area contributed by atoms with Gasteiger partial charge in [0.05, 0.1) is 0 Å². The monoisotopic (exact) mass is 221 g/mol. The molecule has 0 aromatic carbocycles. The zero-order chi connectivity index (χ0) is 9.68. The van der Waals surface area contributed by atoms with E-state index in [1.165, 1.54) is 38.2 Å². The van der Waals surface area contributed by atoms with E-state index in [2.05, 4.69) is 18.1 Å². The lowest BCUT2D eigenvalue weighted by Crippen LogP contribution is -2.37. The molecule has 1 rings (SSSR count). The van der Waals surface area contributed by atoms with Gasteiger partial charge in [-0.25, -0.2) is 0 Å². The number of thioether (sulfide) groups is 1. The number of rotatable bonds is 4. The van der Waals surface area contributed by atoms with Crippen molar-refractivity contribution in [2.75, 3.05) is 31.6 Å². The van der Waals surface area contributed by atoms with Crippen LogP contribution in [0.3, 0.4) is 0 Å². The van der Waals surface area contributed by atoms with Crippen molar-refractivity contribution in [3.05, 3.63) is 0 Å². The topological polar surface area (TPSA) is 3.24 Å². The van der Waals surface area contributed by atoms with Crippen LogP contribution in [-0.2, 0) is 0 Å². The van der Waals surface area contributed by atoms with Crippen LogP contribution in [0.25, 0.3) is 0 Å². The summed E-state index contributed by atoms with van der Waals surface area (Å²) < 4.78 is 0. The van der Waals surface area contributed by atoms with Crippen LogP contribution in [0.5, 0.6) is 0 Å². The Morgan fingerprint density at radius 3 is 2.54 bits per heavy atom. The number of piperidine rings is 1. The molecule has 1 heterocycles. The van der Waals surface area contributed by atoms with E-state index in [1.807, 2.05) is 11.8 Å². The number of nitrogens with zero attached hydrogens (tertiary/aromatic N) is 1. The van der Waals surface area contributed by atoms with E-state index in [1.54, 1.807) is 0 Å². The fourth-order valence-corrected chi connectivity index (χ4v) is 2.55. The summed E-state index contributed by atoms with van der Waals surface area (Å²) in [5.74, 6) is 2.02. The zero-order valence-electron chi connectivity index (χ0n) is 8.63. The highest BCUT2D eigenvalue weighted by Gasteiger charge is 2.21. The Morgan fingerprint density at radius 2 is 2.08 bits per heavy atom. The highest BCUT2D eigenvalue weighted by molar-refractivity contribution is 7.98. The lowest BCUT2D eigenvalue weighted by molar-refractivity contribution is 0.193. The van der Waals surface area contributed by atoms with Gasteiger partial charge in [-0.05, 0) is 45.0 Å². The first kappa shape index (κ1) is 11.7. The third-order valence-corrected chi connectivity index (χ3v) is 3.84. The molecule has 1 saturated heterocycles. The Kier molecular flexibility index (Phi) is 5.52. The molecule has 3 heteroatoms. The van der Waals surface area contributed by atoms with Crippen molar-refractivity contribution in [3.8, 4) is 0 Å². The van der Waals surface area contributed by atoms with Crippen LogP contribution < -0.4 is 0 Å². The fourth-order valence-electron chi connectivity index (χ4n) is 1.86. The Hall–Kier alpha value is 0.600. The second kappa shape index (κ2) is 6.15. The van der Waals surface area contributed by atoms with Gasteiger partial charge in [0.15, 0.2) is 0 Å². The van der Waals surface area contributed by atoms with E-state index >= 15 is 0 Å². The summed E-state index contributed by atoms with van der Waals surface area (Å²) in [6, 6.07) is 0. The average molecular weight is 222 g/mol. The molecule has 0 spiro atoms. The normalized spacial score (nSPS) is 23.3. The molecule has 0 radical (unpaired) electrons. The maximum atomic E-state index is 6.09. The van der Waals surface area contributed by atoms with E-state index in [0.717, 1.165) is 5.92 Å². The number of likely N-dealkylation sites (tertiary alicyclic amines) is 1. The van der Waals surface area contributed by atoms with Crippen molar-refractivity contribution < 1.29 is 0 Å². The summed E-state index contributed by atoms with van der Waals surface area (Å²) in [6.45, 7) is 5.89. The molecule has 0 aromatic rings. The Balaban J connectivity index is 2.15. The highest BCUT2D eigenvalue weighted by Crippen LogP contribution is 2.23. The summed E-state index contributed by atoms with van der Waals surface area (Å²) in [5, 5.41) is 0.364. The molecule has 1 nitrogen and oxygen atoms in total. The molecule has 1 unspecified atom stereocenters. The smallest absolute Gasteiger partial charge is 0.0337 e. The fraction of sp³-hybridized carbons (Fsp3) is 1.00. The van der Waals surface area contributed by atoms with Crippen LogP contribution in [0.15, 0.2) is 0 Å². The van der Waals surface area contributed by atoms with Crippen molar-refractivity contribution in [1.82, 2.24) is 4.90 Å². The minimum atomic E-state index is 0.364. The second-order valence-electron chi connectivity index (χ2n) is 3.85. The maximum absolute atomic E-state index is 6.09. The number of hydrogen-bond donors (Lipinski definition) is 0. The lowest BCUT2D eigenvalue weighted by Gasteiger charge is -2.32. The first-order valence-electron chi connectivity index (χ1n) is 5.09. The molecule has 0 amide bonds. The molecule has 0 aromatic heterocycles. The van der Waals surface area contributed by atoms with Crippen LogP contribution in [0, 0.1) is 5.92 Å². The van der Waals surface area contributed by atoms with Crippen LogP contribution in [0.4, 0.5) is 0 Å². The van der Waals surface area contributed by atoms with Gasteiger partial charge >= 0.3 is 0 Å². The molecule has 78 valence electrons. The minimum absolute atomic E-state index is 0.364. The summed E-state index contributed by atoms with van der Waals surface area (Å²) in [6.07, 6.45) is 4.76. The summed E-state index contributed by atoms with van der Waals surface area (Å²) in [4.78, 5) is 2.56. The van der Waals surface area contributed by atoms with E-state index < -0.39 is 0 Å². The minimum Gasteiger partial charge on any atom is -0.302 e. The van der Waals surface area contributed by atoms with Gasteiger partial charge in [-0.15, -0.1) is 11.6 Å². The SMILES string of the molecule is CSCCN1CCC(C(C)Cl)CC1. The summed E-state index contributed by atoms with van der Waals surface area (Å²) in [5.41, 5.74) is 0. The Labute approximate surface area is 91.2 Å². The van der Waals surface area contributed by atoms with Crippen molar-refractivity contribution in [3.63, 3.8) is 0 Å². The molecule has 1 fully saturated rings. The molecule has 0 N–H and O–H groups in total. The van der Waals surface area contributed by atoms with Crippen molar-refractivity contribution in [2.24, 2.45) is 5.92 Å². The molecule has 13 heavy (non-hydrogen) atoms. The number of halogens is 1. The molecular weight excluding hydrogens is 202 g/mol. The van der Waals surface area contributed by atoms with Gasteiger partial charge in [0.1, 0.15) is 0 Å². The van der Waals surface area contributed by atoms with E-state index in [0.29, 0.717) is 5.38 Å². The number of alkyl halides is 1. The maximum Gasteiger partial charge on any atom is 0.0337 e. The van der Waals surface area contributed by atoms with Crippen LogP contribution in [0.2, 0.25) is 0 Å². The van der Waals surface area contributed by atoms with Crippen molar-refractivity contribution in [2.45, 2.75) is 25.1 Å². The first-order valence-corrected chi connectivity index (χ1v) is 6.92. The van der Waals surface area contributed by atoms with E-state index in [4.69, 9.17) is 11.6 Å².